The first-order valence-electron chi connectivity index (χ1n) is 6.74. The molecule has 0 saturated heterocycles. The van der Waals surface area contributed by atoms with E-state index in [0.717, 1.165) is 12.0 Å². The molecular weight excluding hydrogens is 254 g/mol. The molecule has 1 N–H and O–H groups in total. The predicted octanol–water partition coefficient (Wildman–Crippen LogP) is 3.72. The molecule has 1 aromatic carbocycles. The smallest absolute Gasteiger partial charge is 0.219 e. The van der Waals surface area contributed by atoms with Crippen LogP contribution in [-0.2, 0) is 0 Å². The number of aliphatic hydroxyl groups is 1. The van der Waals surface area contributed by atoms with Crippen LogP contribution >= 0.6 is 0 Å². The average molecular weight is 273 g/mol. The highest BCUT2D eigenvalue weighted by molar-refractivity contribution is 5.42. The van der Waals surface area contributed by atoms with E-state index >= 15 is 0 Å². The first-order valence-corrected chi connectivity index (χ1v) is 6.74. The van der Waals surface area contributed by atoms with E-state index in [2.05, 4.69) is 11.9 Å². The molecular formula is C16H19NO3. The van der Waals surface area contributed by atoms with Gasteiger partial charge in [0.15, 0.2) is 11.5 Å². The van der Waals surface area contributed by atoms with Crippen molar-refractivity contribution < 1.29 is 14.6 Å². The van der Waals surface area contributed by atoms with Crippen LogP contribution in [0, 0.1) is 0 Å². The maximum atomic E-state index is 9.58. The summed E-state index contributed by atoms with van der Waals surface area (Å²) in [6.07, 6.45) is 2.00. The van der Waals surface area contributed by atoms with Crippen molar-refractivity contribution in [2.75, 3.05) is 6.61 Å². The van der Waals surface area contributed by atoms with Crippen molar-refractivity contribution >= 4 is 0 Å². The Bertz CT molecular complexity index is 555. The maximum Gasteiger partial charge on any atom is 0.219 e. The minimum Gasteiger partial charge on any atom is -0.490 e. The van der Waals surface area contributed by atoms with Crippen LogP contribution in [0.5, 0.6) is 17.4 Å². The van der Waals surface area contributed by atoms with Gasteiger partial charge in [0.25, 0.3) is 0 Å². The Kier molecular flexibility index (Phi) is 4.96. The van der Waals surface area contributed by atoms with Crippen molar-refractivity contribution in [3.05, 3.63) is 48.2 Å². The van der Waals surface area contributed by atoms with Crippen molar-refractivity contribution in [1.29, 1.82) is 0 Å². The van der Waals surface area contributed by atoms with E-state index in [0.29, 0.717) is 24.0 Å². The van der Waals surface area contributed by atoms with E-state index < -0.39 is 6.10 Å². The molecule has 0 radical (unpaired) electrons. The SMILES string of the molecule is CCCOc1ccccc1Oc1cc([C@@H](C)O)ccn1. The summed E-state index contributed by atoms with van der Waals surface area (Å²) >= 11 is 0. The van der Waals surface area contributed by atoms with Gasteiger partial charge < -0.3 is 14.6 Å². The highest BCUT2D eigenvalue weighted by Gasteiger charge is 2.08. The fourth-order valence-corrected chi connectivity index (χ4v) is 1.72. The lowest BCUT2D eigenvalue weighted by molar-refractivity contribution is 0.198. The Balaban J connectivity index is 2.19. The monoisotopic (exact) mass is 273 g/mol. The molecule has 0 unspecified atom stereocenters. The molecule has 4 nitrogen and oxygen atoms in total. The van der Waals surface area contributed by atoms with Crippen molar-refractivity contribution in [3.8, 4) is 17.4 Å². The highest BCUT2D eigenvalue weighted by Crippen LogP contribution is 2.31. The predicted molar refractivity (Wildman–Crippen MR) is 77.2 cm³/mol. The number of rotatable bonds is 6. The maximum absolute atomic E-state index is 9.58. The van der Waals surface area contributed by atoms with Crippen LogP contribution in [0.15, 0.2) is 42.6 Å². The summed E-state index contributed by atoms with van der Waals surface area (Å²) in [6, 6.07) is 11.0. The second-order valence-electron chi connectivity index (χ2n) is 4.50. The summed E-state index contributed by atoms with van der Waals surface area (Å²) in [6.45, 7) is 4.40. The van der Waals surface area contributed by atoms with E-state index in [-0.39, 0.29) is 0 Å². The third-order valence-electron chi connectivity index (χ3n) is 2.77. The molecule has 106 valence electrons. The fourth-order valence-electron chi connectivity index (χ4n) is 1.72. The van der Waals surface area contributed by atoms with Gasteiger partial charge in [0.05, 0.1) is 12.7 Å². The molecule has 0 spiro atoms. The lowest BCUT2D eigenvalue weighted by Gasteiger charge is -2.12. The summed E-state index contributed by atoms with van der Waals surface area (Å²) in [5.74, 6) is 1.76. The Morgan fingerprint density at radius 3 is 2.65 bits per heavy atom. The summed E-state index contributed by atoms with van der Waals surface area (Å²) in [5.41, 5.74) is 0.766. The van der Waals surface area contributed by atoms with Gasteiger partial charge in [-0.25, -0.2) is 4.98 Å². The number of aromatic nitrogens is 1. The molecule has 0 fully saturated rings. The number of benzene rings is 1. The molecule has 20 heavy (non-hydrogen) atoms. The standard InChI is InChI=1S/C16H19NO3/c1-3-10-19-14-6-4-5-7-15(14)20-16-11-13(12(2)18)8-9-17-16/h4-9,11-12,18H,3,10H2,1-2H3/t12-/m1/s1. The van der Waals surface area contributed by atoms with E-state index in [1.165, 1.54) is 0 Å². The van der Waals surface area contributed by atoms with Gasteiger partial charge in [-0.05, 0) is 37.1 Å². The van der Waals surface area contributed by atoms with Gasteiger partial charge in [0, 0.05) is 12.3 Å². The Morgan fingerprint density at radius 1 is 1.20 bits per heavy atom. The fraction of sp³-hybridized carbons (Fsp3) is 0.312. The minimum absolute atomic E-state index is 0.441. The number of aliphatic hydroxyl groups excluding tert-OH is 1. The van der Waals surface area contributed by atoms with Crippen LogP contribution in [0.25, 0.3) is 0 Å². The van der Waals surface area contributed by atoms with Crippen molar-refractivity contribution in [2.45, 2.75) is 26.4 Å². The zero-order valence-corrected chi connectivity index (χ0v) is 11.7. The van der Waals surface area contributed by atoms with Gasteiger partial charge in [0.2, 0.25) is 5.88 Å². The van der Waals surface area contributed by atoms with Crippen LogP contribution in [0.4, 0.5) is 0 Å². The second-order valence-corrected chi connectivity index (χ2v) is 4.50. The number of nitrogens with zero attached hydrogens (tertiary/aromatic N) is 1. The lowest BCUT2D eigenvalue weighted by atomic mass is 10.2. The summed E-state index contributed by atoms with van der Waals surface area (Å²) in [5, 5.41) is 9.58. The molecule has 0 saturated carbocycles. The Morgan fingerprint density at radius 2 is 1.95 bits per heavy atom. The molecule has 1 aromatic heterocycles. The number of para-hydroxylation sites is 2. The third-order valence-corrected chi connectivity index (χ3v) is 2.77. The van der Waals surface area contributed by atoms with Crippen LogP contribution in [-0.4, -0.2) is 16.7 Å². The number of ether oxygens (including phenoxy) is 2. The third kappa shape index (κ3) is 3.71. The van der Waals surface area contributed by atoms with Gasteiger partial charge in [-0.2, -0.15) is 0 Å². The molecule has 0 aliphatic carbocycles. The van der Waals surface area contributed by atoms with Gasteiger partial charge >= 0.3 is 0 Å². The molecule has 0 aliphatic rings. The quantitative estimate of drug-likeness (QED) is 0.871. The topological polar surface area (TPSA) is 51.6 Å². The van der Waals surface area contributed by atoms with Crippen LogP contribution in [0.3, 0.4) is 0 Å². The second kappa shape index (κ2) is 6.91. The molecule has 4 heteroatoms. The summed E-state index contributed by atoms with van der Waals surface area (Å²) in [7, 11) is 0. The Labute approximate surface area is 119 Å². The normalized spacial score (nSPS) is 11.9. The van der Waals surface area contributed by atoms with Gasteiger partial charge in [-0.1, -0.05) is 19.1 Å². The average Bonchev–Trinajstić information content (AvgIpc) is 2.46. The summed E-state index contributed by atoms with van der Waals surface area (Å²) in [4.78, 5) is 4.15. The molecule has 0 aliphatic heterocycles. The van der Waals surface area contributed by atoms with Crippen molar-refractivity contribution in [3.63, 3.8) is 0 Å². The van der Waals surface area contributed by atoms with Crippen LogP contribution < -0.4 is 9.47 Å². The van der Waals surface area contributed by atoms with Gasteiger partial charge in [0.1, 0.15) is 0 Å². The van der Waals surface area contributed by atoms with E-state index in [9.17, 15) is 5.11 Å². The van der Waals surface area contributed by atoms with E-state index in [4.69, 9.17) is 9.47 Å². The molecule has 1 atom stereocenters. The van der Waals surface area contributed by atoms with Gasteiger partial charge in [-0.15, -0.1) is 0 Å². The summed E-state index contributed by atoms with van der Waals surface area (Å²) < 4.78 is 11.4. The van der Waals surface area contributed by atoms with Crippen LogP contribution in [0.2, 0.25) is 0 Å². The lowest BCUT2D eigenvalue weighted by Crippen LogP contribution is -1.98. The highest BCUT2D eigenvalue weighted by atomic mass is 16.5. The van der Waals surface area contributed by atoms with Crippen molar-refractivity contribution in [2.24, 2.45) is 0 Å². The number of pyridine rings is 1. The number of hydrogen-bond acceptors (Lipinski definition) is 4. The van der Waals surface area contributed by atoms with E-state index in [1.807, 2.05) is 24.3 Å². The first-order chi connectivity index (χ1) is 9.70. The number of hydrogen-bond donors (Lipinski definition) is 1. The largest absolute Gasteiger partial charge is 0.490 e. The molecule has 0 bridgehead atoms. The molecule has 0 amide bonds. The van der Waals surface area contributed by atoms with Crippen LogP contribution in [0.1, 0.15) is 31.9 Å². The molecule has 2 aromatic rings. The van der Waals surface area contributed by atoms with Crippen molar-refractivity contribution in [1.82, 2.24) is 4.98 Å². The Hall–Kier alpha value is -2.07. The molecule has 2 rings (SSSR count). The zero-order valence-electron chi connectivity index (χ0n) is 11.7. The minimum atomic E-state index is -0.549. The van der Waals surface area contributed by atoms with Gasteiger partial charge in [-0.3, -0.25) is 0 Å². The zero-order chi connectivity index (χ0) is 14.4. The van der Waals surface area contributed by atoms with E-state index in [1.54, 1.807) is 25.3 Å². The molecule has 1 heterocycles. The first kappa shape index (κ1) is 14.3.